The molecule has 1 aromatic carbocycles. The summed E-state index contributed by atoms with van der Waals surface area (Å²) in [7, 11) is 3.54. The monoisotopic (exact) mass is 462 g/mol. The van der Waals surface area contributed by atoms with Crippen molar-refractivity contribution in [3.8, 4) is 0 Å². The molecule has 0 aliphatic heterocycles. The molecule has 1 aromatic heterocycles. The van der Waals surface area contributed by atoms with E-state index in [1.165, 1.54) is 48.5 Å². The molecule has 0 radical (unpaired) electrons. The van der Waals surface area contributed by atoms with Crippen molar-refractivity contribution in [2.45, 2.75) is 57.8 Å². The molecule has 180 valence electrons. The highest BCUT2D eigenvalue weighted by atomic mass is 19.1. The van der Waals surface area contributed by atoms with Crippen LogP contribution < -0.4 is 4.90 Å². The number of hydrogen-bond acceptors (Lipinski definition) is 4. The fourth-order valence-corrected chi connectivity index (χ4v) is 7.07. The van der Waals surface area contributed by atoms with Crippen molar-refractivity contribution < 1.29 is 13.9 Å². The van der Waals surface area contributed by atoms with Crippen LogP contribution >= 0.6 is 0 Å². The molecular formula is C29H35FN2O2. The van der Waals surface area contributed by atoms with Crippen molar-refractivity contribution in [2.75, 3.05) is 25.6 Å². The number of carbonyl (C=O) groups is 1. The van der Waals surface area contributed by atoms with Crippen molar-refractivity contribution in [1.82, 2.24) is 4.98 Å². The summed E-state index contributed by atoms with van der Waals surface area (Å²) in [6.07, 6.45) is 12.5. The number of benzene rings is 1. The molecule has 1 unspecified atom stereocenters. The van der Waals surface area contributed by atoms with Gasteiger partial charge in [-0.15, -0.1) is 0 Å². The van der Waals surface area contributed by atoms with Crippen LogP contribution in [0.4, 0.5) is 10.1 Å². The topological polar surface area (TPSA) is 42.4 Å². The van der Waals surface area contributed by atoms with Gasteiger partial charge in [0.2, 0.25) is 0 Å². The van der Waals surface area contributed by atoms with Gasteiger partial charge in [-0.1, -0.05) is 19.1 Å². The van der Waals surface area contributed by atoms with Crippen molar-refractivity contribution >= 4 is 17.2 Å². The summed E-state index contributed by atoms with van der Waals surface area (Å²) in [6.45, 7) is 3.24. The first-order chi connectivity index (χ1) is 16.4. The van der Waals surface area contributed by atoms with E-state index in [1.807, 2.05) is 6.20 Å². The third kappa shape index (κ3) is 4.03. The minimum atomic E-state index is -0.253. The van der Waals surface area contributed by atoms with E-state index in [0.29, 0.717) is 24.2 Å². The van der Waals surface area contributed by atoms with Gasteiger partial charge in [-0.05, 0) is 102 Å². The molecule has 4 atom stereocenters. The molecule has 0 spiro atoms. The molecule has 5 heteroatoms. The molecule has 3 aliphatic rings. The van der Waals surface area contributed by atoms with Gasteiger partial charge in [-0.2, -0.15) is 0 Å². The van der Waals surface area contributed by atoms with Gasteiger partial charge >= 0.3 is 5.97 Å². The largest absolute Gasteiger partial charge is 0.469 e. The summed E-state index contributed by atoms with van der Waals surface area (Å²) in [5, 5.41) is 0. The molecule has 0 bridgehead atoms. The Hall–Kier alpha value is -2.69. The Balaban J connectivity index is 1.31. The number of anilines is 1. The lowest BCUT2D eigenvalue weighted by molar-refractivity contribution is -0.140. The maximum Gasteiger partial charge on any atom is 0.305 e. The zero-order chi connectivity index (χ0) is 23.9. The number of halogens is 1. The van der Waals surface area contributed by atoms with Crippen LogP contribution in [0.15, 0.2) is 42.7 Å². The molecule has 5 rings (SSSR count). The van der Waals surface area contributed by atoms with Crippen molar-refractivity contribution in [3.63, 3.8) is 0 Å². The maximum atomic E-state index is 13.9. The zero-order valence-corrected chi connectivity index (χ0v) is 20.5. The third-order valence-corrected chi connectivity index (χ3v) is 8.85. The van der Waals surface area contributed by atoms with E-state index >= 15 is 0 Å². The van der Waals surface area contributed by atoms with E-state index in [0.717, 1.165) is 37.8 Å². The van der Waals surface area contributed by atoms with Gasteiger partial charge in [-0.3, -0.25) is 9.78 Å². The quantitative estimate of drug-likeness (QED) is 0.482. The second-order valence-electron chi connectivity index (χ2n) is 10.6. The number of carbonyl (C=O) groups excluding carboxylic acids is 1. The van der Waals surface area contributed by atoms with Crippen molar-refractivity contribution in [3.05, 3.63) is 65.2 Å². The highest BCUT2D eigenvalue weighted by Gasteiger charge is 2.51. The summed E-state index contributed by atoms with van der Waals surface area (Å²) < 4.78 is 18.7. The van der Waals surface area contributed by atoms with Gasteiger partial charge in [0.05, 0.1) is 13.3 Å². The van der Waals surface area contributed by atoms with Crippen molar-refractivity contribution in [1.29, 1.82) is 0 Å². The number of methoxy groups -OCH3 is 1. The number of esters is 1. The Morgan fingerprint density at radius 1 is 1.26 bits per heavy atom. The molecule has 34 heavy (non-hydrogen) atoms. The summed E-state index contributed by atoms with van der Waals surface area (Å²) >= 11 is 0. The Morgan fingerprint density at radius 2 is 2.12 bits per heavy atom. The number of nitrogens with zero attached hydrogens (tertiary/aromatic N) is 2. The summed E-state index contributed by atoms with van der Waals surface area (Å²) in [6, 6.07) is 8.64. The van der Waals surface area contributed by atoms with Gasteiger partial charge in [0.1, 0.15) is 5.82 Å². The summed E-state index contributed by atoms with van der Waals surface area (Å²) in [5.74, 6) is 1.49. The number of allylic oxidation sites excluding steroid dienone is 2. The fourth-order valence-electron chi connectivity index (χ4n) is 7.07. The van der Waals surface area contributed by atoms with Crippen LogP contribution in [0, 0.1) is 23.1 Å². The average Bonchev–Trinajstić information content (AvgIpc) is 3.20. The fraction of sp³-hybridized carbons (Fsp3) is 0.517. The van der Waals surface area contributed by atoms with E-state index < -0.39 is 0 Å². The van der Waals surface area contributed by atoms with Crippen LogP contribution in [0.1, 0.15) is 68.1 Å². The first-order valence-electron chi connectivity index (χ1n) is 12.6. The molecule has 1 fully saturated rings. The van der Waals surface area contributed by atoms with Gasteiger partial charge in [0.15, 0.2) is 0 Å². The van der Waals surface area contributed by atoms with Gasteiger partial charge in [-0.25, -0.2) is 4.39 Å². The lowest BCUT2D eigenvalue weighted by atomic mass is 9.54. The molecular weight excluding hydrogens is 427 g/mol. The Morgan fingerprint density at radius 3 is 2.91 bits per heavy atom. The molecule has 0 N–H and O–H groups in total. The maximum absolute atomic E-state index is 13.9. The van der Waals surface area contributed by atoms with Gasteiger partial charge in [0, 0.05) is 31.9 Å². The Kier molecular flexibility index (Phi) is 6.22. The first-order valence-corrected chi connectivity index (χ1v) is 12.6. The number of aryl methyl sites for hydroxylation is 1. The molecule has 0 saturated heterocycles. The van der Waals surface area contributed by atoms with Crippen LogP contribution in [0.3, 0.4) is 0 Å². The smallest absolute Gasteiger partial charge is 0.305 e. The molecule has 0 amide bonds. The normalized spacial score (nSPS) is 27.3. The Bertz CT molecular complexity index is 1110. The third-order valence-electron chi connectivity index (χ3n) is 8.85. The van der Waals surface area contributed by atoms with E-state index in [2.05, 4.69) is 48.1 Å². The predicted molar refractivity (Wildman–Crippen MR) is 133 cm³/mol. The zero-order valence-electron chi connectivity index (χ0n) is 20.5. The molecule has 3 aliphatic carbocycles. The van der Waals surface area contributed by atoms with Gasteiger partial charge < -0.3 is 9.64 Å². The molecule has 2 aromatic rings. The van der Waals surface area contributed by atoms with E-state index in [4.69, 9.17) is 4.74 Å². The van der Waals surface area contributed by atoms with E-state index in [1.54, 1.807) is 6.07 Å². The minimum Gasteiger partial charge on any atom is -0.469 e. The lowest BCUT2D eigenvalue weighted by Gasteiger charge is -2.50. The SMILES string of the molecule is COC(=O)CCCN(C)c1ccc2c(c1)CC[C@@H]1C2CC[C@]2(C)C(c3cncc(F)c3)=CC[C@@H]12. The van der Waals surface area contributed by atoms with Crippen LogP contribution in [-0.2, 0) is 16.0 Å². The number of fused-ring (bicyclic) bond motifs is 5. The number of aromatic nitrogens is 1. The summed E-state index contributed by atoms with van der Waals surface area (Å²) in [4.78, 5) is 17.8. The van der Waals surface area contributed by atoms with E-state index in [9.17, 15) is 9.18 Å². The number of pyridine rings is 1. The number of ether oxygens (including phenoxy) is 1. The molecule has 1 heterocycles. The second kappa shape index (κ2) is 9.16. The molecule has 1 saturated carbocycles. The number of rotatable bonds is 6. The standard InChI is InChI=1S/C29H35FN2O2/c1-29-13-12-24-23-9-7-22(32(2)14-4-5-28(33)34-3)16-19(23)6-8-25(24)27(29)11-10-26(29)20-15-21(30)18-31-17-20/h7,9-10,15-18,24-25,27H,4-6,8,11-14H2,1-3H3/t24?,25-,27+,29-/m1/s1. The Labute approximate surface area is 202 Å². The van der Waals surface area contributed by atoms with Crippen LogP contribution in [-0.4, -0.2) is 31.7 Å². The summed E-state index contributed by atoms with van der Waals surface area (Å²) in [5.41, 5.74) is 6.62. The minimum absolute atomic E-state index is 0.105. The van der Waals surface area contributed by atoms with E-state index in [-0.39, 0.29) is 17.2 Å². The second-order valence-corrected chi connectivity index (χ2v) is 10.6. The predicted octanol–water partition coefficient (Wildman–Crippen LogP) is 6.16. The highest BCUT2D eigenvalue weighted by Crippen LogP contribution is 2.63. The lowest BCUT2D eigenvalue weighted by Crippen LogP contribution is -2.41. The van der Waals surface area contributed by atoms with Crippen molar-refractivity contribution in [2.24, 2.45) is 17.3 Å². The van der Waals surface area contributed by atoms with Gasteiger partial charge in [0.25, 0.3) is 0 Å². The number of hydrogen-bond donors (Lipinski definition) is 0. The van der Waals surface area contributed by atoms with Crippen LogP contribution in [0.25, 0.3) is 5.57 Å². The molecule has 4 nitrogen and oxygen atoms in total. The van der Waals surface area contributed by atoms with Crippen LogP contribution in [0.2, 0.25) is 0 Å². The van der Waals surface area contributed by atoms with Crippen LogP contribution in [0.5, 0.6) is 0 Å². The average molecular weight is 463 g/mol. The highest BCUT2D eigenvalue weighted by molar-refractivity contribution is 5.72. The first kappa shape index (κ1) is 23.1.